The predicted octanol–water partition coefficient (Wildman–Crippen LogP) is 4.18. The Balaban J connectivity index is 1.31. The summed E-state index contributed by atoms with van der Waals surface area (Å²) in [5.41, 5.74) is 10.9. The third-order valence-corrected chi connectivity index (χ3v) is 6.39. The number of carbonyl (C=O) groups excluding carboxylic acids is 2. The summed E-state index contributed by atoms with van der Waals surface area (Å²) < 4.78 is 0. The molecule has 2 heterocycles. The van der Waals surface area contributed by atoms with Gasteiger partial charge in [0.05, 0.1) is 29.6 Å². The number of piperidine rings is 1. The summed E-state index contributed by atoms with van der Waals surface area (Å²) in [4.78, 5) is 35.5. The van der Waals surface area contributed by atoms with Crippen LogP contribution in [0.5, 0.6) is 0 Å². The summed E-state index contributed by atoms with van der Waals surface area (Å²) in [5, 5.41) is 2.95. The Labute approximate surface area is 204 Å². The number of hydrogen-bond acceptors (Lipinski definition) is 5. The summed E-state index contributed by atoms with van der Waals surface area (Å²) >= 11 is 0. The molecule has 176 valence electrons. The summed E-state index contributed by atoms with van der Waals surface area (Å²) in [6.45, 7) is 1.41. The maximum atomic E-state index is 12.3. The molecular formula is C28H27N5O2. The van der Waals surface area contributed by atoms with Crippen molar-refractivity contribution in [3.8, 4) is 11.1 Å². The number of rotatable bonds is 6. The number of aromatic nitrogens is 2. The molecule has 0 spiro atoms. The van der Waals surface area contributed by atoms with E-state index in [1.54, 1.807) is 6.20 Å². The monoisotopic (exact) mass is 465 g/mol. The zero-order valence-electron chi connectivity index (χ0n) is 19.4. The van der Waals surface area contributed by atoms with Crippen LogP contribution in [0.2, 0.25) is 0 Å². The van der Waals surface area contributed by atoms with Gasteiger partial charge >= 0.3 is 0 Å². The van der Waals surface area contributed by atoms with Crippen molar-refractivity contribution in [3.05, 3.63) is 84.6 Å². The minimum absolute atomic E-state index is 0.0475. The minimum atomic E-state index is -0.259. The van der Waals surface area contributed by atoms with Crippen molar-refractivity contribution in [1.29, 1.82) is 0 Å². The van der Waals surface area contributed by atoms with E-state index in [-0.39, 0.29) is 17.7 Å². The van der Waals surface area contributed by atoms with Crippen LogP contribution in [0, 0.1) is 5.92 Å². The lowest BCUT2D eigenvalue weighted by Gasteiger charge is -2.31. The maximum Gasteiger partial charge on any atom is 0.228 e. The molecule has 0 saturated carbocycles. The SMILES string of the molecule is NC(=O)C1CCCN(c2cnc3ccc(-c4ccc(NC(=O)Cc5ccccc5)cc4)cc3n2)C1. The first-order valence-corrected chi connectivity index (χ1v) is 11.8. The lowest BCUT2D eigenvalue weighted by molar-refractivity contribution is -0.122. The van der Waals surface area contributed by atoms with Crippen molar-refractivity contribution in [2.75, 3.05) is 23.3 Å². The van der Waals surface area contributed by atoms with Crippen LogP contribution in [0.1, 0.15) is 18.4 Å². The number of fused-ring (bicyclic) bond motifs is 1. The maximum absolute atomic E-state index is 12.3. The molecule has 2 amide bonds. The van der Waals surface area contributed by atoms with Crippen LogP contribution in [0.25, 0.3) is 22.2 Å². The lowest BCUT2D eigenvalue weighted by Crippen LogP contribution is -2.41. The third-order valence-electron chi connectivity index (χ3n) is 6.39. The molecule has 4 aromatic rings. The van der Waals surface area contributed by atoms with Crippen LogP contribution in [0.3, 0.4) is 0 Å². The van der Waals surface area contributed by atoms with Gasteiger partial charge in [0.25, 0.3) is 0 Å². The van der Waals surface area contributed by atoms with Gasteiger partial charge in [-0.15, -0.1) is 0 Å². The van der Waals surface area contributed by atoms with Crippen molar-refractivity contribution in [1.82, 2.24) is 9.97 Å². The van der Waals surface area contributed by atoms with E-state index in [1.807, 2.05) is 72.8 Å². The van der Waals surface area contributed by atoms with Gasteiger partial charge in [0.2, 0.25) is 11.8 Å². The predicted molar refractivity (Wildman–Crippen MR) is 138 cm³/mol. The Hall–Kier alpha value is -4.26. The van der Waals surface area contributed by atoms with Gasteiger partial charge in [-0.2, -0.15) is 0 Å². The summed E-state index contributed by atoms with van der Waals surface area (Å²) in [5.74, 6) is 0.301. The van der Waals surface area contributed by atoms with Crippen molar-refractivity contribution in [2.45, 2.75) is 19.3 Å². The number of anilines is 2. The molecule has 7 nitrogen and oxygen atoms in total. The van der Waals surface area contributed by atoms with Gasteiger partial charge in [0.1, 0.15) is 5.82 Å². The highest BCUT2D eigenvalue weighted by molar-refractivity contribution is 5.92. The van der Waals surface area contributed by atoms with Crippen LogP contribution in [-0.4, -0.2) is 34.9 Å². The number of carbonyl (C=O) groups is 2. The first kappa shape index (κ1) is 22.5. The van der Waals surface area contributed by atoms with E-state index >= 15 is 0 Å². The third kappa shape index (κ3) is 5.30. The van der Waals surface area contributed by atoms with Crippen LogP contribution < -0.4 is 16.0 Å². The molecule has 1 fully saturated rings. The van der Waals surface area contributed by atoms with Crippen molar-refractivity contribution >= 4 is 34.4 Å². The number of amides is 2. The molecule has 1 aliphatic rings. The summed E-state index contributed by atoms with van der Waals surface area (Å²) in [6.07, 6.45) is 3.82. The summed E-state index contributed by atoms with van der Waals surface area (Å²) in [6, 6.07) is 23.5. The summed E-state index contributed by atoms with van der Waals surface area (Å²) in [7, 11) is 0. The Kier molecular flexibility index (Phi) is 6.39. The number of hydrogen-bond donors (Lipinski definition) is 2. The molecule has 1 unspecified atom stereocenters. The minimum Gasteiger partial charge on any atom is -0.369 e. The zero-order chi connectivity index (χ0) is 24.2. The largest absolute Gasteiger partial charge is 0.369 e. The second-order valence-corrected chi connectivity index (χ2v) is 8.91. The molecular weight excluding hydrogens is 438 g/mol. The normalized spacial score (nSPS) is 15.7. The second-order valence-electron chi connectivity index (χ2n) is 8.91. The van der Waals surface area contributed by atoms with E-state index in [2.05, 4.69) is 15.2 Å². The smallest absolute Gasteiger partial charge is 0.228 e. The Morgan fingerprint density at radius 3 is 2.51 bits per heavy atom. The standard InChI is InChI=1S/C28H27N5O2/c29-28(35)22-7-4-14-33(18-22)26-17-30-24-13-10-21(16-25(24)32-26)20-8-11-23(12-9-20)31-27(34)15-19-5-2-1-3-6-19/h1-3,5-6,8-13,16-17,22H,4,7,14-15,18H2,(H2,29,35)(H,31,34). The molecule has 0 radical (unpaired) electrons. The number of benzene rings is 3. The zero-order valence-corrected chi connectivity index (χ0v) is 19.4. The number of nitrogens with two attached hydrogens (primary N) is 1. The van der Waals surface area contributed by atoms with Gasteiger partial charge in [-0.3, -0.25) is 14.6 Å². The first-order chi connectivity index (χ1) is 17.0. The molecule has 35 heavy (non-hydrogen) atoms. The molecule has 1 saturated heterocycles. The number of nitrogens with one attached hydrogen (secondary N) is 1. The molecule has 1 aromatic heterocycles. The van der Waals surface area contributed by atoms with Crippen molar-refractivity contribution < 1.29 is 9.59 Å². The highest BCUT2D eigenvalue weighted by atomic mass is 16.2. The van der Waals surface area contributed by atoms with Gasteiger partial charge in [0.15, 0.2) is 0 Å². The Morgan fingerprint density at radius 2 is 1.74 bits per heavy atom. The molecule has 0 aliphatic carbocycles. The lowest BCUT2D eigenvalue weighted by atomic mass is 9.97. The van der Waals surface area contributed by atoms with E-state index in [1.165, 1.54) is 0 Å². The Morgan fingerprint density at radius 1 is 0.971 bits per heavy atom. The second kappa shape index (κ2) is 9.93. The van der Waals surface area contributed by atoms with Crippen LogP contribution in [0.4, 0.5) is 11.5 Å². The van der Waals surface area contributed by atoms with E-state index in [0.717, 1.165) is 58.6 Å². The van der Waals surface area contributed by atoms with Crippen LogP contribution >= 0.6 is 0 Å². The van der Waals surface area contributed by atoms with Crippen LogP contribution in [-0.2, 0) is 16.0 Å². The fraction of sp³-hybridized carbons (Fsp3) is 0.214. The van der Waals surface area contributed by atoms with Gasteiger partial charge in [-0.1, -0.05) is 48.5 Å². The van der Waals surface area contributed by atoms with Gasteiger partial charge in [-0.05, 0) is 53.8 Å². The molecule has 3 aromatic carbocycles. The fourth-order valence-electron chi connectivity index (χ4n) is 4.48. The van der Waals surface area contributed by atoms with E-state index in [0.29, 0.717) is 13.0 Å². The van der Waals surface area contributed by atoms with Gasteiger partial charge in [-0.25, -0.2) is 4.98 Å². The highest BCUT2D eigenvalue weighted by Crippen LogP contribution is 2.27. The molecule has 7 heteroatoms. The van der Waals surface area contributed by atoms with Crippen molar-refractivity contribution in [3.63, 3.8) is 0 Å². The molecule has 3 N–H and O–H groups in total. The number of nitrogens with zero attached hydrogens (tertiary/aromatic N) is 3. The topological polar surface area (TPSA) is 101 Å². The molecule has 1 aliphatic heterocycles. The molecule has 0 bridgehead atoms. The van der Waals surface area contributed by atoms with Crippen LogP contribution in [0.15, 0.2) is 79.0 Å². The van der Waals surface area contributed by atoms with E-state index < -0.39 is 0 Å². The molecule has 5 rings (SSSR count). The van der Waals surface area contributed by atoms with Gasteiger partial charge in [0, 0.05) is 18.8 Å². The highest BCUT2D eigenvalue weighted by Gasteiger charge is 2.25. The van der Waals surface area contributed by atoms with Gasteiger partial charge < -0.3 is 16.0 Å². The van der Waals surface area contributed by atoms with E-state index in [9.17, 15) is 9.59 Å². The average Bonchev–Trinajstić information content (AvgIpc) is 2.89. The quantitative estimate of drug-likeness (QED) is 0.445. The average molecular weight is 466 g/mol. The van der Waals surface area contributed by atoms with Crippen molar-refractivity contribution in [2.24, 2.45) is 11.7 Å². The number of primary amides is 1. The Bertz CT molecular complexity index is 1360. The first-order valence-electron chi connectivity index (χ1n) is 11.8. The fourth-order valence-corrected chi connectivity index (χ4v) is 4.48. The van der Waals surface area contributed by atoms with E-state index in [4.69, 9.17) is 10.7 Å². The molecule has 1 atom stereocenters.